The third kappa shape index (κ3) is 4.73. The van der Waals surface area contributed by atoms with E-state index in [-0.39, 0.29) is 11.8 Å². The first-order chi connectivity index (χ1) is 13.2. The second-order valence-electron chi connectivity index (χ2n) is 6.29. The molecule has 1 aromatic carbocycles. The first-order valence-corrected chi connectivity index (χ1v) is 8.98. The highest BCUT2D eigenvalue weighted by Gasteiger charge is 2.22. The minimum Gasteiger partial charge on any atom is -0.496 e. The minimum atomic E-state index is -0.0587. The van der Waals surface area contributed by atoms with Crippen LogP contribution in [0.2, 0.25) is 0 Å². The fraction of sp³-hybridized carbons (Fsp3) is 0.286. The Balaban J connectivity index is 1.61. The van der Waals surface area contributed by atoms with Gasteiger partial charge in [0.1, 0.15) is 5.75 Å². The monoisotopic (exact) mass is 365 g/mol. The third-order valence-corrected chi connectivity index (χ3v) is 4.55. The second-order valence-corrected chi connectivity index (χ2v) is 6.29. The molecular formula is C21H23N3O3. The minimum absolute atomic E-state index is 0.0398. The predicted octanol–water partition coefficient (Wildman–Crippen LogP) is 2.48. The van der Waals surface area contributed by atoms with Crippen molar-refractivity contribution in [1.82, 2.24) is 14.8 Å². The van der Waals surface area contributed by atoms with E-state index in [4.69, 9.17) is 4.74 Å². The molecule has 3 rings (SSSR count). The van der Waals surface area contributed by atoms with Crippen molar-refractivity contribution in [2.24, 2.45) is 0 Å². The molecule has 2 heterocycles. The summed E-state index contributed by atoms with van der Waals surface area (Å²) in [4.78, 5) is 32.7. The summed E-state index contributed by atoms with van der Waals surface area (Å²) in [6.07, 6.45) is 7.31. The molecule has 6 nitrogen and oxygen atoms in total. The van der Waals surface area contributed by atoms with E-state index in [0.717, 1.165) is 17.7 Å². The quantitative estimate of drug-likeness (QED) is 0.781. The highest BCUT2D eigenvalue weighted by atomic mass is 16.5. The summed E-state index contributed by atoms with van der Waals surface area (Å²) in [7, 11) is 1.61. The molecule has 0 atom stereocenters. The largest absolute Gasteiger partial charge is 0.496 e. The van der Waals surface area contributed by atoms with Crippen LogP contribution in [-0.2, 0) is 4.79 Å². The van der Waals surface area contributed by atoms with E-state index < -0.39 is 0 Å². The van der Waals surface area contributed by atoms with E-state index >= 15 is 0 Å². The van der Waals surface area contributed by atoms with E-state index in [0.29, 0.717) is 31.7 Å². The molecule has 6 heteroatoms. The van der Waals surface area contributed by atoms with E-state index in [2.05, 4.69) is 4.98 Å². The molecule has 2 amide bonds. The molecule has 1 saturated heterocycles. The molecule has 27 heavy (non-hydrogen) atoms. The Bertz CT molecular complexity index is 820. The molecular weight excluding hydrogens is 342 g/mol. The van der Waals surface area contributed by atoms with E-state index in [9.17, 15) is 9.59 Å². The Morgan fingerprint density at radius 1 is 1.04 bits per heavy atom. The maximum absolute atomic E-state index is 12.6. The standard InChI is InChI=1S/C21H23N3O3/c1-27-19-8-3-2-6-17(19)9-10-20(25)23-12-5-13-24(15-14-23)21(26)18-7-4-11-22-16-18/h2-4,6-11,16H,5,12-15H2,1H3/b10-9+. The van der Waals surface area contributed by atoms with Gasteiger partial charge in [-0.3, -0.25) is 14.6 Å². The van der Waals surface area contributed by atoms with E-state index in [1.807, 2.05) is 24.3 Å². The zero-order valence-corrected chi connectivity index (χ0v) is 15.4. The van der Waals surface area contributed by atoms with E-state index in [1.54, 1.807) is 53.6 Å². The molecule has 0 unspecified atom stereocenters. The van der Waals surface area contributed by atoms with Crippen LogP contribution in [0.5, 0.6) is 5.75 Å². The zero-order chi connectivity index (χ0) is 19.1. The number of pyridine rings is 1. The molecule has 0 N–H and O–H groups in total. The SMILES string of the molecule is COc1ccccc1/C=C/C(=O)N1CCCN(C(=O)c2cccnc2)CC1. The van der Waals surface area contributed by atoms with E-state index in [1.165, 1.54) is 0 Å². The van der Waals surface area contributed by atoms with Crippen molar-refractivity contribution < 1.29 is 14.3 Å². The highest BCUT2D eigenvalue weighted by Crippen LogP contribution is 2.19. The molecule has 1 aliphatic rings. The average Bonchev–Trinajstić information content (AvgIpc) is 2.98. The molecule has 140 valence electrons. The van der Waals surface area contributed by atoms with Crippen molar-refractivity contribution >= 4 is 17.9 Å². The van der Waals surface area contributed by atoms with Gasteiger partial charge in [0.05, 0.1) is 12.7 Å². The number of benzene rings is 1. The molecule has 1 aliphatic heterocycles. The second kappa shape index (κ2) is 8.98. The number of carbonyl (C=O) groups is 2. The summed E-state index contributed by atoms with van der Waals surface area (Å²) in [6, 6.07) is 11.1. The molecule has 0 aliphatic carbocycles. The number of hydrogen-bond donors (Lipinski definition) is 0. The number of ether oxygens (including phenoxy) is 1. The van der Waals surface area contributed by atoms with Crippen LogP contribution in [0.15, 0.2) is 54.9 Å². The topological polar surface area (TPSA) is 62.7 Å². The van der Waals surface area contributed by atoms with Gasteiger partial charge in [0.15, 0.2) is 0 Å². The molecule has 0 saturated carbocycles. The van der Waals surface area contributed by atoms with Crippen molar-refractivity contribution in [3.05, 3.63) is 66.0 Å². The number of amides is 2. The predicted molar refractivity (Wildman–Crippen MR) is 103 cm³/mol. The maximum Gasteiger partial charge on any atom is 0.255 e. The number of aromatic nitrogens is 1. The van der Waals surface area contributed by atoms with Gasteiger partial charge in [-0.15, -0.1) is 0 Å². The Morgan fingerprint density at radius 3 is 2.59 bits per heavy atom. The van der Waals surface area contributed by atoms with Crippen LogP contribution in [0.4, 0.5) is 0 Å². The van der Waals surface area contributed by atoms with Gasteiger partial charge >= 0.3 is 0 Å². The lowest BCUT2D eigenvalue weighted by Gasteiger charge is -2.21. The fourth-order valence-electron chi connectivity index (χ4n) is 3.08. The number of methoxy groups -OCH3 is 1. The van der Waals surface area contributed by atoms with Crippen molar-refractivity contribution in [2.75, 3.05) is 33.3 Å². The van der Waals surface area contributed by atoms with Gasteiger partial charge < -0.3 is 14.5 Å². The number of hydrogen-bond acceptors (Lipinski definition) is 4. The van der Waals surface area contributed by atoms with Gasteiger partial charge in [-0.1, -0.05) is 18.2 Å². The summed E-state index contributed by atoms with van der Waals surface area (Å²) >= 11 is 0. The Morgan fingerprint density at radius 2 is 1.81 bits per heavy atom. The van der Waals surface area contributed by atoms with Crippen LogP contribution in [0.3, 0.4) is 0 Å². The lowest BCUT2D eigenvalue weighted by molar-refractivity contribution is -0.125. The summed E-state index contributed by atoms with van der Waals surface area (Å²) in [5.41, 5.74) is 1.44. The molecule has 0 bridgehead atoms. The molecule has 1 fully saturated rings. The lowest BCUT2D eigenvalue weighted by atomic mass is 10.2. The average molecular weight is 365 g/mol. The van der Waals surface area contributed by atoms with Crippen LogP contribution >= 0.6 is 0 Å². The van der Waals surface area contributed by atoms with Crippen molar-refractivity contribution in [2.45, 2.75) is 6.42 Å². The summed E-state index contributed by atoms with van der Waals surface area (Å²) < 4.78 is 5.30. The van der Waals surface area contributed by atoms with Gasteiger partial charge in [0.25, 0.3) is 5.91 Å². The maximum atomic E-state index is 12.6. The number of carbonyl (C=O) groups excluding carboxylic acids is 2. The number of rotatable bonds is 4. The number of para-hydroxylation sites is 1. The molecule has 1 aromatic heterocycles. The van der Waals surface area contributed by atoms with Gasteiger partial charge in [0, 0.05) is 50.2 Å². The zero-order valence-electron chi connectivity index (χ0n) is 15.4. The summed E-state index contributed by atoms with van der Waals surface area (Å²) in [5.74, 6) is 0.629. The van der Waals surface area contributed by atoms with Crippen LogP contribution in [0.1, 0.15) is 22.3 Å². The van der Waals surface area contributed by atoms with Crippen LogP contribution in [0.25, 0.3) is 6.08 Å². The van der Waals surface area contributed by atoms with Crippen molar-refractivity contribution in [3.63, 3.8) is 0 Å². The fourth-order valence-corrected chi connectivity index (χ4v) is 3.08. The van der Waals surface area contributed by atoms with Gasteiger partial charge in [-0.2, -0.15) is 0 Å². The smallest absolute Gasteiger partial charge is 0.255 e. The molecule has 2 aromatic rings. The van der Waals surface area contributed by atoms with Gasteiger partial charge in [-0.25, -0.2) is 0 Å². The van der Waals surface area contributed by atoms with Crippen LogP contribution in [0, 0.1) is 0 Å². The highest BCUT2D eigenvalue weighted by molar-refractivity contribution is 5.94. The van der Waals surface area contributed by atoms with Gasteiger partial charge in [-0.05, 0) is 30.7 Å². The third-order valence-electron chi connectivity index (χ3n) is 4.55. The Labute approximate surface area is 159 Å². The van der Waals surface area contributed by atoms with Crippen molar-refractivity contribution in [3.8, 4) is 5.75 Å². The molecule has 0 radical (unpaired) electrons. The molecule has 0 spiro atoms. The van der Waals surface area contributed by atoms with Crippen LogP contribution < -0.4 is 4.74 Å². The van der Waals surface area contributed by atoms with Gasteiger partial charge in [0.2, 0.25) is 5.91 Å². The Hall–Kier alpha value is -3.15. The first kappa shape index (κ1) is 18.6. The summed E-state index contributed by atoms with van der Waals surface area (Å²) in [6.45, 7) is 2.29. The lowest BCUT2D eigenvalue weighted by Crippen LogP contribution is -2.36. The van der Waals surface area contributed by atoms with Crippen molar-refractivity contribution in [1.29, 1.82) is 0 Å². The number of nitrogens with zero attached hydrogens (tertiary/aromatic N) is 3. The van der Waals surface area contributed by atoms with Crippen LogP contribution in [-0.4, -0.2) is 59.9 Å². The first-order valence-electron chi connectivity index (χ1n) is 8.98. The Kier molecular flexibility index (Phi) is 6.20. The summed E-state index contributed by atoms with van der Waals surface area (Å²) in [5, 5.41) is 0. The normalized spacial score (nSPS) is 14.9.